The summed E-state index contributed by atoms with van der Waals surface area (Å²) in [6.45, 7) is 4.05. The van der Waals surface area contributed by atoms with Crippen LogP contribution in [0.25, 0.3) is 10.9 Å². The van der Waals surface area contributed by atoms with E-state index in [0.717, 1.165) is 11.2 Å². The predicted octanol–water partition coefficient (Wildman–Crippen LogP) is 3.56. The van der Waals surface area contributed by atoms with E-state index in [1.165, 1.54) is 11.3 Å². The third kappa shape index (κ3) is 2.63. The lowest BCUT2D eigenvalue weighted by Gasteiger charge is -1.99. The minimum absolute atomic E-state index is 0.177. The summed E-state index contributed by atoms with van der Waals surface area (Å²) in [4.78, 5) is 20.3. The molecule has 114 valence electrons. The molecule has 1 atom stereocenters. The number of aromatic amines is 1. The van der Waals surface area contributed by atoms with Crippen LogP contribution in [0.15, 0.2) is 34.7 Å². The highest BCUT2D eigenvalue weighted by atomic mass is 32.2. The maximum absolute atomic E-state index is 12.6. The Kier molecular flexibility index (Phi) is 3.94. The molecule has 0 fully saturated rings. The van der Waals surface area contributed by atoms with Crippen LogP contribution in [-0.4, -0.2) is 24.5 Å². The fraction of sp³-hybridized carbons (Fsp3) is 0.200. The van der Waals surface area contributed by atoms with E-state index in [1.807, 2.05) is 19.2 Å². The Hall–Kier alpha value is -1.83. The number of H-pyrrole nitrogens is 1. The van der Waals surface area contributed by atoms with Crippen LogP contribution >= 0.6 is 11.3 Å². The number of hydrogen-bond donors (Lipinski definition) is 2. The van der Waals surface area contributed by atoms with Gasteiger partial charge in [0.05, 0.1) is 16.2 Å². The molecule has 0 saturated heterocycles. The van der Waals surface area contributed by atoms with Gasteiger partial charge in [0, 0.05) is 22.5 Å². The van der Waals surface area contributed by atoms with Crippen molar-refractivity contribution in [3.05, 3.63) is 46.0 Å². The molecule has 2 heterocycles. The number of carbonyl (C=O) groups excluding carboxylic acids is 1. The van der Waals surface area contributed by atoms with E-state index in [0.29, 0.717) is 16.0 Å². The normalized spacial score (nSPS) is 12.9. The lowest BCUT2D eigenvalue weighted by molar-refractivity contribution is 0.103. The second kappa shape index (κ2) is 5.75. The Morgan fingerprint density at radius 3 is 2.82 bits per heavy atom. The van der Waals surface area contributed by atoms with Gasteiger partial charge in [-0.1, -0.05) is 13.8 Å². The number of nitrogens with one attached hydrogen (secondary N) is 1. The molecule has 3 aromatic rings. The number of ketones is 1. The molecule has 2 N–H and O–H groups in total. The molecule has 0 aliphatic carbocycles. The minimum Gasteiger partial charge on any atom is -0.360 e. The van der Waals surface area contributed by atoms with E-state index >= 15 is 0 Å². The molecule has 3 rings (SSSR count). The quantitative estimate of drug-likeness (QED) is 0.564. The first-order valence-electron chi connectivity index (χ1n) is 6.69. The Labute approximate surface area is 133 Å². The second-order valence-corrected chi connectivity index (χ2v) is 7.05. The van der Waals surface area contributed by atoms with Gasteiger partial charge in [0.1, 0.15) is 0 Å². The molecule has 7 heteroatoms. The molecule has 1 aromatic carbocycles. The molecule has 5 nitrogen and oxygen atoms in total. The molecule has 0 saturated carbocycles. The fourth-order valence-electron chi connectivity index (χ4n) is 2.17. The van der Waals surface area contributed by atoms with Crippen molar-refractivity contribution in [2.75, 3.05) is 0 Å². The number of nitrogens with zero attached hydrogens (tertiary/aromatic N) is 1. The van der Waals surface area contributed by atoms with Crippen molar-refractivity contribution < 1.29 is 13.6 Å². The van der Waals surface area contributed by atoms with Gasteiger partial charge in [-0.05, 0) is 24.1 Å². The summed E-state index contributed by atoms with van der Waals surface area (Å²) in [7, 11) is 0. The molecule has 0 bridgehead atoms. The van der Waals surface area contributed by atoms with E-state index in [4.69, 9.17) is 0 Å². The predicted molar refractivity (Wildman–Crippen MR) is 87.0 cm³/mol. The molecular formula is C15H14N2O3S2. The van der Waals surface area contributed by atoms with Crippen molar-refractivity contribution in [3.8, 4) is 0 Å². The lowest BCUT2D eigenvalue weighted by atomic mass is 10.1. The first-order chi connectivity index (χ1) is 10.5. The number of hydrogen-bond acceptors (Lipinski definition) is 4. The summed E-state index contributed by atoms with van der Waals surface area (Å²) in [5.41, 5.74) is 2.11. The Balaban J connectivity index is 2.06. The maximum Gasteiger partial charge on any atom is 0.223 e. The minimum atomic E-state index is -2.08. The van der Waals surface area contributed by atoms with Crippen LogP contribution < -0.4 is 0 Å². The molecule has 0 aliphatic heterocycles. The standard InChI is InChI=1S/C15H14N2O3S2/c1-8(2)13-7-21-15(17-13)14(18)11-6-16-12-4-3-9(22(19)20)5-10(11)12/h3-8,16H,1-2H3,(H,19,20). The summed E-state index contributed by atoms with van der Waals surface area (Å²) in [6, 6.07) is 4.81. The SMILES string of the molecule is CC(C)c1csc(C(=O)c2c[nH]c3ccc(S(=O)O)cc23)n1. The van der Waals surface area contributed by atoms with Gasteiger partial charge in [0.15, 0.2) is 16.1 Å². The fourth-order valence-corrected chi connectivity index (χ4v) is 3.50. The Morgan fingerprint density at radius 1 is 1.41 bits per heavy atom. The second-order valence-electron chi connectivity index (χ2n) is 5.22. The monoisotopic (exact) mass is 334 g/mol. The van der Waals surface area contributed by atoms with Gasteiger partial charge in [-0.2, -0.15) is 0 Å². The molecule has 0 spiro atoms. The smallest absolute Gasteiger partial charge is 0.223 e. The number of aromatic nitrogens is 2. The van der Waals surface area contributed by atoms with Crippen LogP contribution in [0.3, 0.4) is 0 Å². The van der Waals surface area contributed by atoms with Gasteiger partial charge in [0.25, 0.3) is 0 Å². The van der Waals surface area contributed by atoms with E-state index in [1.54, 1.807) is 24.4 Å². The highest BCUT2D eigenvalue weighted by molar-refractivity contribution is 7.79. The summed E-state index contributed by atoms with van der Waals surface area (Å²) in [6.07, 6.45) is 1.62. The van der Waals surface area contributed by atoms with Crippen LogP contribution in [0.5, 0.6) is 0 Å². The highest BCUT2D eigenvalue weighted by Gasteiger charge is 2.19. The Morgan fingerprint density at radius 2 is 2.18 bits per heavy atom. The highest BCUT2D eigenvalue weighted by Crippen LogP contribution is 2.26. The van der Waals surface area contributed by atoms with Gasteiger partial charge in [-0.3, -0.25) is 4.79 Å². The van der Waals surface area contributed by atoms with Gasteiger partial charge in [-0.15, -0.1) is 11.3 Å². The number of fused-ring (bicyclic) bond motifs is 1. The van der Waals surface area contributed by atoms with Gasteiger partial charge in [-0.25, -0.2) is 9.19 Å². The molecule has 0 amide bonds. The zero-order valence-electron chi connectivity index (χ0n) is 12.0. The zero-order valence-corrected chi connectivity index (χ0v) is 13.6. The third-order valence-corrected chi connectivity index (χ3v) is 4.92. The summed E-state index contributed by atoms with van der Waals surface area (Å²) in [5.74, 6) is 0.0909. The maximum atomic E-state index is 12.6. The third-order valence-electron chi connectivity index (χ3n) is 3.41. The number of benzene rings is 1. The van der Waals surface area contributed by atoms with Gasteiger partial charge >= 0.3 is 0 Å². The lowest BCUT2D eigenvalue weighted by Crippen LogP contribution is -2.01. The average molecular weight is 334 g/mol. The number of thiazole rings is 1. The zero-order chi connectivity index (χ0) is 15.9. The van der Waals surface area contributed by atoms with Crippen molar-refractivity contribution in [1.82, 2.24) is 9.97 Å². The molecule has 1 unspecified atom stereocenters. The van der Waals surface area contributed by atoms with Gasteiger partial charge in [0.2, 0.25) is 5.78 Å². The molecular weight excluding hydrogens is 320 g/mol. The number of rotatable bonds is 4. The van der Waals surface area contributed by atoms with E-state index in [-0.39, 0.29) is 16.6 Å². The molecule has 0 radical (unpaired) electrons. The van der Waals surface area contributed by atoms with Gasteiger partial charge < -0.3 is 9.54 Å². The van der Waals surface area contributed by atoms with E-state index in [2.05, 4.69) is 9.97 Å². The van der Waals surface area contributed by atoms with Crippen LogP contribution in [0.1, 0.15) is 40.8 Å². The summed E-state index contributed by atoms with van der Waals surface area (Å²) in [5, 5.41) is 2.95. The van der Waals surface area contributed by atoms with Crippen molar-refractivity contribution in [3.63, 3.8) is 0 Å². The average Bonchev–Trinajstić information content (AvgIpc) is 3.13. The topological polar surface area (TPSA) is 83.0 Å². The first-order valence-corrected chi connectivity index (χ1v) is 8.68. The molecule has 0 aliphatic rings. The van der Waals surface area contributed by atoms with Crippen molar-refractivity contribution in [2.45, 2.75) is 24.7 Å². The first kappa shape index (κ1) is 15.1. The summed E-state index contributed by atoms with van der Waals surface area (Å²) < 4.78 is 20.4. The van der Waals surface area contributed by atoms with Crippen LogP contribution in [-0.2, 0) is 11.1 Å². The van der Waals surface area contributed by atoms with Crippen LogP contribution in [0, 0.1) is 0 Å². The van der Waals surface area contributed by atoms with Crippen LogP contribution in [0.4, 0.5) is 0 Å². The van der Waals surface area contributed by atoms with Crippen LogP contribution in [0.2, 0.25) is 0 Å². The number of carbonyl (C=O) groups is 1. The van der Waals surface area contributed by atoms with E-state index in [9.17, 15) is 13.6 Å². The van der Waals surface area contributed by atoms with E-state index < -0.39 is 11.1 Å². The Bertz CT molecular complexity index is 880. The molecule has 22 heavy (non-hydrogen) atoms. The molecule has 2 aromatic heterocycles. The van der Waals surface area contributed by atoms with Crippen molar-refractivity contribution in [1.29, 1.82) is 0 Å². The van der Waals surface area contributed by atoms with Crippen molar-refractivity contribution >= 4 is 39.1 Å². The summed E-state index contributed by atoms with van der Waals surface area (Å²) >= 11 is -0.756. The largest absolute Gasteiger partial charge is 0.360 e. The van der Waals surface area contributed by atoms with Crippen molar-refractivity contribution in [2.24, 2.45) is 0 Å².